The van der Waals surface area contributed by atoms with Crippen LogP contribution in [0.3, 0.4) is 0 Å². The van der Waals surface area contributed by atoms with E-state index in [0.717, 1.165) is 25.7 Å². The molecule has 3 N–H and O–H groups in total. The highest BCUT2D eigenvalue weighted by molar-refractivity contribution is 5.94. The van der Waals surface area contributed by atoms with Crippen molar-refractivity contribution in [1.82, 2.24) is 9.88 Å². The van der Waals surface area contributed by atoms with E-state index in [9.17, 15) is 4.79 Å². The monoisotopic (exact) mass is 265 g/mol. The molecule has 1 aromatic heterocycles. The van der Waals surface area contributed by atoms with Gasteiger partial charge >= 0.3 is 0 Å². The zero-order valence-electron chi connectivity index (χ0n) is 11.7. The van der Waals surface area contributed by atoms with Crippen LogP contribution >= 0.6 is 0 Å². The number of carbonyl (C=O) groups excluding carboxylic acids is 1. The maximum absolute atomic E-state index is 12.3. The number of nitrogens with two attached hydrogens (primary N) is 1. The van der Waals surface area contributed by atoms with Crippen molar-refractivity contribution in [2.24, 2.45) is 0 Å². The van der Waals surface area contributed by atoms with Crippen LogP contribution in [0.1, 0.15) is 49.1 Å². The predicted molar refractivity (Wildman–Crippen MR) is 75.2 cm³/mol. The summed E-state index contributed by atoms with van der Waals surface area (Å²) in [4.78, 5) is 12.3. The molecule has 0 bridgehead atoms. The third-order valence-corrected chi connectivity index (χ3v) is 3.38. The van der Waals surface area contributed by atoms with Gasteiger partial charge in [-0.1, -0.05) is 13.3 Å². The van der Waals surface area contributed by atoms with Crippen molar-refractivity contribution in [2.75, 3.05) is 19.5 Å². The van der Waals surface area contributed by atoms with Gasteiger partial charge in [-0.15, -0.1) is 0 Å². The molecule has 0 saturated heterocycles. The number of carbonyl (C=O) groups is 1. The molecule has 106 valence electrons. The molecule has 5 heteroatoms. The molecule has 1 aliphatic carbocycles. The Morgan fingerprint density at radius 3 is 2.95 bits per heavy atom. The lowest BCUT2D eigenvalue weighted by molar-refractivity contribution is 0.0882. The largest absolute Gasteiger partial charge is 0.397 e. The summed E-state index contributed by atoms with van der Waals surface area (Å²) in [6.07, 6.45) is 6.05. The van der Waals surface area contributed by atoms with Crippen LogP contribution in [0, 0.1) is 0 Å². The molecule has 1 unspecified atom stereocenters. The van der Waals surface area contributed by atoms with Gasteiger partial charge in [-0.25, -0.2) is 0 Å². The highest BCUT2D eigenvalue weighted by atomic mass is 16.5. The number of hydrogen-bond acceptors (Lipinski definition) is 3. The van der Waals surface area contributed by atoms with Gasteiger partial charge in [0.25, 0.3) is 5.91 Å². The van der Waals surface area contributed by atoms with E-state index < -0.39 is 0 Å². The highest BCUT2D eigenvalue weighted by Gasteiger charge is 2.28. The Bertz CT molecular complexity index is 432. The van der Waals surface area contributed by atoms with E-state index in [2.05, 4.69) is 12.2 Å². The lowest BCUT2D eigenvalue weighted by Crippen LogP contribution is -2.38. The fourth-order valence-electron chi connectivity index (χ4n) is 2.34. The van der Waals surface area contributed by atoms with Crippen LogP contribution in [0.5, 0.6) is 0 Å². The second-order valence-corrected chi connectivity index (χ2v) is 5.21. The second kappa shape index (κ2) is 6.10. The van der Waals surface area contributed by atoms with Crippen LogP contribution in [0.2, 0.25) is 0 Å². The van der Waals surface area contributed by atoms with Crippen molar-refractivity contribution in [1.29, 1.82) is 0 Å². The maximum atomic E-state index is 12.3. The summed E-state index contributed by atoms with van der Waals surface area (Å²) in [7, 11) is 1.65. The molecule has 1 aliphatic rings. The minimum atomic E-state index is -0.0564. The van der Waals surface area contributed by atoms with E-state index in [1.54, 1.807) is 13.2 Å². The fourth-order valence-corrected chi connectivity index (χ4v) is 2.34. The standard InChI is InChI=1S/C14H23N3O2/c1-3-4-11(9-19-2)16-14(18)13-7-10(15)8-17(13)12-5-6-12/h7-8,11-12H,3-6,9,15H2,1-2H3,(H,16,18). The molecule has 0 spiro atoms. The van der Waals surface area contributed by atoms with Gasteiger partial charge in [0.1, 0.15) is 5.69 Å². The molecule has 1 atom stereocenters. The minimum Gasteiger partial charge on any atom is -0.397 e. The number of rotatable bonds is 7. The summed E-state index contributed by atoms with van der Waals surface area (Å²) >= 11 is 0. The molecule has 1 fully saturated rings. The molecule has 0 aromatic carbocycles. The number of methoxy groups -OCH3 is 1. The SMILES string of the molecule is CCCC(COC)NC(=O)c1cc(N)cn1C1CC1. The van der Waals surface area contributed by atoms with Gasteiger partial charge in [-0.2, -0.15) is 0 Å². The van der Waals surface area contributed by atoms with Crippen LogP contribution in [0.15, 0.2) is 12.3 Å². The lowest BCUT2D eigenvalue weighted by Gasteiger charge is -2.17. The molecule has 2 rings (SSSR count). The summed E-state index contributed by atoms with van der Waals surface area (Å²) in [5.41, 5.74) is 7.12. The van der Waals surface area contributed by atoms with Gasteiger partial charge in [-0.05, 0) is 25.3 Å². The van der Waals surface area contributed by atoms with Gasteiger partial charge in [-0.3, -0.25) is 4.79 Å². The van der Waals surface area contributed by atoms with Gasteiger partial charge in [0.15, 0.2) is 0 Å². The van der Waals surface area contributed by atoms with Gasteiger partial charge in [0, 0.05) is 19.3 Å². The molecule has 19 heavy (non-hydrogen) atoms. The Hall–Kier alpha value is -1.49. The van der Waals surface area contributed by atoms with Gasteiger partial charge < -0.3 is 20.4 Å². The van der Waals surface area contributed by atoms with Crippen LogP contribution in [0.4, 0.5) is 5.69 Å². The van der Waals surface area contributed by atoms with Gasteiger partial charge in [0.2, 0.25) is 0 Å². The summed E-state index contributed by atoms with van der Waals surface area (Å²) in [6, 6.07) is 2.26. The Balaban J connectivity index is 2.05. The number of nitrogens with zero attached hydrogens (tertiary/aromatic N) is 1. The van der Waals surface area contributed by atoms with E-state index >= 15 is 0 Å². The zero-order valence-corrected chi connectivity index (χ0v) is 11.7. The Kier molecular flexibility index (Phi) is 4.47. The third-order valence-electron chi connectivity index (χ3n) is 3.38. The first kappa shape index (κ1) is 13.9. The van der Waals surface area contributed by atoms with Crippen LogP contribution in [-0.2, 0) is 4.74 Å². The third kappa shape index (κ3) is 3.50. The van der Waals surface area contributed by atoms with Crippen molar-refractivity contribution in [3.63, 3.8) is 0 Å². The van der Waals surface area contributed by atoms with E-state index in [1.807, 2.05) is 10.8 Å². The molecular formula is C14H23N3O2. The normalized spacial score (nSPS) is 16.3. The smallest absolute Gasteiger partial charge is 0.268 e. The summed E-state index contributed by atoms with van der Waals surface area (Å²) in [5, 5.41) is 3.03. The molecule has 1 amide bonds. The summed E-state index contributed by atoms with van der Waals surface area (Å²) in [6.45, 7) is 2.64. The number of ether oxygens (including phenoxy) is 1. The molecule has 0 aliphatic heterocycles. The maximum Gasteiger partial charge on any atom is 0.268 e. The van der Waals surface area contributed by atoms with E-state index in [4.69, 9.17) is 10.5 Å². The first-order valence-electron chi connectivity index (χ1n) is 6.92. The van der Waals surface area contributed by atoms with Crippen molar-refractivity contribution in [3.05, 3.63) is 18.0 Å². The van der Waals surface area contributed by atoms with Crippen LogP contribution in [0.25, 0.3) is 0 Å². The number of nitrogens with one attached hydrogen (secondary N) is 1. The molecule has 1 saturated carbocycles. The quantitative estimate of drug-likeness (QED) is 0.791. The first-order valence-corrected chi connectivity index (χ1v) is 6.92. The first-order chi connectivity index (χ1) is 9.15. The number of nitrogen functional groups attached to an aromatic ring is 1. The van der Waals surface area contributed by atoms with E-state index in [-0.39, 0.29) is 11.9 Å². The van der Waals surface area contributed by atoms with Crippen molar-refractivity contribution in [3.8, 4) is 0 Å². The van der Waals surface area contributed by atoms with Crippen molar-refractivity contribution >= 4 is 11.6 Å². The molecular weight excluding hydrogens is 242 g/mol. The molecule has 1 heterocycles. The number of aromatic nitrogens is 1. The fraction of sp³-hybridized carbons (Fsp3) is 0.643. The summed E-state index contributed by atoms with van der Waals surface area (Å²) in [5.74, 6) is -0.0564. The number of amides is 1. The highest BCUT2D eigenvalue weighted by Crippen LogP contribution is 2.37. The van der Waals surface area contributed by atoms with E-state index in [0.29, 0.717) is 24.0 Å². The summed E-state index contributed by atoms with van der Waals surface area (Å²) < 4.78 is 7.14. The topological polar surface area (TPSA) is 69.3 Å². The average molecular weight is 265 g/mol. The number of anilines is 1. The second-order valence-electron chi connectivity index (χ2n) is 5.21. The van der Waals surface area contributed by atoms with Crippen LogP contribution in [-0.4, -0.2) is 30.2 Å². The predicted octanol–water partition coefficient (Wildman–Crippen LogP) is 1.95. The van der Waals surface area contributed by atoms with Crippen molar-refractivity contribution in [2.45, 2.75) is 44.7 Å². The van der Waals surface area contributed by atoms with Gasteiger partial charge in [0.05, 0.1) is 18.3 Å². The molecule has 5 nitrogen and oxygen atoms in total. The minimum absolute atomic E-state index is 0.0564. The Morgan fingerprint density at radius 2 is 2.37 bits per heavy atom. The Morgan fingerprint density at radius 1 is 1.63 bits per heavy atom. The number of hydrogen-bond donors (Lipinski definition) is 2. The average Bonchev–Trinajstić information content (AvgIpc) is 3.13. The van der Waals surface area contributed by atoms with Crippen LogP contribution < -0.4 is 11.1 Å². The molecule has 0 radical (unpaired) electrons. The Labute approximate surface area is 114 Å². The van der Waals surface area contributed by atoms with Crippen molar-refractivity contribution < 1.29 is 9.53 Å². The lowest BCUT2D eigenvalue weighted by atomic mass is 10.2. The molecule has 1 aromatic rings. The van der Waals surface area contributed by atoms with E-state index in [1.165, 1.54) is 0 Å². The zero-order chi connectivity index (χ0) is 13.8.